The summed E-state index contributed by atoms with van der Waals surface area (Å²) in [4.78, 5) is 0. The predicted octanol–water partition coefficient (Wildman–Crippen LogP) is 2.40. The molecule has 0 aliphatic heterocycles. The molecule has 2 rings (SSSR count). The van der Waals surface area contributed by atoms with Crippen LogP contribution in [0.2, 0.25) is 0 Å². The number of rotatable bonds is 5. The van der Waals surface area contributed by atoms with E-state index in [1.54, 1.807) is 14.2 Å². The Morgan fingerprint density at radius 2 is 1.15 bits per heavy atom. The fraction of sp³-hybridized carbons (Fsp3) is 0.250. The van der Waals surface area contributed by atoms with Crippen LogP contribution in [-0.2, 0) is 0 Å². The van der Waals surface area contributed by atoms with Gasteiger partial charge in [-0.3, -0.25) is 0 Å². The van der Waals surface area contributed by atoms with Crippen molar-refractivity contribution in [2.45, 2.75) is 12.1 Å². The molecule has 106 valence electrons. The lowest BCUT2D eigenvalue weighted by Crippen LogP contribution is -2.26. The second-order valence-electron chi connectivity index (χ2n) is 4.60. The van der Waals surface area contributed by atoms with Gasteiger partial charge < -0.3 is 20.9 Å². The molecule has 0 fully saturated rings. The van der Waals surface area contributed by atoms with E-state index in [-0.39, 0.29) is 12.1 Å². The summed E-state index contributed by atoms with van der Waals surface area (Å²) in [6.45, 7) is 0. The van der Waals surface area contributed by atoms with Crippen molar-refractivity contribution in [1.82, 2.24) is 0 Å². The lowest BCUT2D eigenvalue weighted by molar-refractivity contribution is 0.411. The lowest BCUT2D eigenvalue weighted by atomic mass is 9.94. The second-order valence-corrected chi connectivity index (χ2v) is 4.60. The van der Waals surface area contributed by atoms with Gasteiger partial charge in [-0.25, -0.2) is 0 Å². The maximum absolute atomic E-state index is 6.26. The van der Waals surface area contributed by atoms with Crippen LogP contribution < -0.4 is 20.9 Å². The Labute approximate surface area is 119 Å². The van der Waals surface area contributed by atoms with Crippen LogP contribution in [0.3, 0.4) is 0 Å². The largest absolute Gasteiger partial charge is 0.497 e. The number of benzene rings is 2. The minimum absolute atomic E-state index is 0.308. The first kappa shape index (κ1) is 14.4. The molecule has 2 aromatic rings. The van der Waals surface area contributed by atoms with Gasteiger partial charge in [0.05, 0.1) is 14.2 Å². The van der Waals surface area contributed by atoms with Crippen molar-refractivity contribution >= 4 is 0 Å². The summed E-state index contributed by atoms with van der Waals surface area (Å²) < 4.78 is 10.4. The van der Waals surface area contributed by atoms with Crippen molar-refractivity contribution in [2.75, 3.05) is 14.2 Å². The van der Waals surface area contributed by atoms with Crippen LogP contribution in [-0.4, -0.2) is 14.2 Å². The van der Waals surface area contributed by atoms with Crippen LogP contribution >= 0.6 is 0 Å². The Hall–Kier alpha value is -2.04. The molecule has 4 N–H and O–H groups in total. The van der Waals surface area contributed by atoms with Gasteiger partial charge in [0.25, 0.3) is 0 Å². The molecular weight excluding hydrogens is 252 g/mol. The molecule has 0 aromatic heterocycles. The molecule has 4 nitrogen and oxygen atoms in total. The zero-order valence-electron chi connectivity index (χ0n) is 11.7. The van der Waals surface area contributed by atoms with E-state index in [1.165, 1.54) is 0 Å². The molecule has 0 unspecified atom stereocenters. The summed E-state index contributed by atoms with van der Waals surface area (Å²) in [5.74, 6) is 1.55. The molecule has 0 heterocycles. The van der Waals surface area contributed by atoms with Crippen molar-refractivity contribution in [3.8, 4) is 11.5 Å². The second kappa shape index (κ2) is 6.41. The standard InChI is InChI=1S/C16H20N2O2/c1-19-13-7-3-5-11(9-13)15(17)16(18)12-6-4-8-14(10-12)20-2/h3-10,15-16H,17-18H2,1-2H3/t15-,16-/m1/s1. The quantitative estimate of drug-likeness (QED) is 0.877. The summed E-state index contributed by atoms with van der Waals surface area (Å²) >= 11 is 0. The summed E-state index contributed by atoms with van der Waals surface area (Å²) in [5.41, 5.74) is 14.4. The van der Waals surface area contributed by atoms with Crippen molar-refractivity contribution < 1.29 is 9.47 Å². The number of hydrogen-bond acceptors (Lipinski definition) is 4. The van der Waals surface area contributed by atoms with Gasteiger partial charge in [-0.15, -0.1) is 0 Å². The molecule has 0 spiro atoms. The number of ether oxygens (including phenoxy) is 2. The SMILES string of the molecule is COc1cccc([C@@H](N)[C@H](N)c2cccc(OC)c2)c1. The van der Waals surface area contributed by atoms with Gasteiger partial charge in [0, 0.05) is 12.1 Å². The zero-order valence-corrected chi connectivity index (χ0v) is 11.7. The first-order valence-electron chi connectivity index (χ1n) is 6.44. The van der Waals surface area contributed by atoms with E-state index in [0.717, 1.165) is 22.6 Å². The van der Waals surface area contributed by atoms with Gasteiger partial charge >= 0.3 is 0 Å². The molecule has 2 atom stereocenters. The topological polar surface area (TPSA) is 70.5 Å². The Kier molecular flexibility index (Phi) is 4.61. The summed E-state index contributed by atoms with van der Waals surface area (Å²) in [6.07, 6.45) is 0. The van der Waals surface area contributed by atoms with Crippen molar-refractivity contribution in [3.05, 3.63) is 59.7 Å². The van der Waals surface area contributed by atoms with E-state index in [1.807, 2.05) is 48.5 Å². The molecule has 0 aliphatic rings. The average molecular weight is 272 g/mol. The third kappa shape index (κ3) is 3.10. The predicted molar refractivity (Wildman–Crippen MR) is 79.8 cm³/mol. The smallest absolute Gasteiger partial charge is 0.119 e. The van der Waals surface area contributed by atoms with Crippen molar-refractivity contribution in [1.29, 1.82) is 0 Å². The summed E-state index contributed by atoms with van der Waals surface area (Å²) in [5, 5.41) is 0. The van der Waals surface area contributed by atoms with Crippen molar-refractivity contribution in [3.63, 3.8) is 0 Å². The molecule has 0 aliphatic carbocycles. The Bertz CT molecular complexity index is 520. The molecule has 0 saturated heterocycles. The Morgan fingerprint density at radius 3 is 1.50 bits per heavy atom. The lowest BCUT2D eigenvalue weighted by Gasteiger charge is -2.21. The first-order valence-corrected chi connectivity index (χ1v) is 6.44. The minimum atomic E-state index is -0.308. The van der Waals surface area contributed by atoms with E-state index in [2.05, 4.69) is 0 Å². The molecule has 0 amide bonds. The van der Waals surface area contributed by atoms with Crippen LogP contribution in [0.25, 0.3) is 0 Å². The number of nitrogens with two attached hydrogens (primary N) is 2. The van der Waals surface area contributed by atoms with Crippen molar-refractivity contribution in [2.24, 2.45) is 11.5 Å². The fourth-order valence-electron chi connectivity index (χ4n) is 2.11. The highest BCUT2D eigenvalue weighted by atomic mass is 16.5. The Balaban J connectivity index is 2.24. The molecule has 20 heavy (non-hydrogen) atoms. The van der Waals surface area contributed by atoms with Crippen LogP contribution in [0.5, 0.6) is 11.5 Å². The van der Waals surface area contributed by atoms with Gasteiger partial charge in [0.1, 0.15) is 11.5 Å². The summed E-state index contributed by atoms with van der Waals surface area (Å²) in [7, 11) is 3.26. The normalized spacial score (nSPS) is 13.6. The van der Waals surface area contributed by atoms with Crippen LogP contribution in [0.1, 0.15) is 23.2 Å². The van der Waals surface area contributed by atoms with Crippen LogP contribution in [0.15, 0.2) is 48.5 Å². The maximum atomic E-state index is 6.26. The zero-order chi connectivity index (χ0) is 14.5. The van der Waals surface area contributed by atoms with E-state index >= 15 is 0 Å². The molecule has 4 heteroatoms. The maximum Gasteiger partial charge on any atom is 0.119 e. The summed E-state index contributed by atoms with van der Waals surface area (Å²) in [6, 6.07) is 14.7. The molecule has 0 saturated carbocycles. The molecule has 2 aromatic carbocycles. The highest BCUT2D eigenvalue weighted by Gasteiger charge is 2.18. The van der Waals surface area contributed by atoms with E-state index in [9.17, 15) is 0 Å². The minimum Gasteiger partial charge on any atom is -0.497 e. The number of hydrogen-bond donors (Lipinski definition) is 2. The third-order valence-electron chi connectivity index (χ3n) is 3.34. The van der Waals surface area contributed by atoms with Crippen LogP contribution in [0, 0.1) is 0 Å². The number of methoxy groups -OCH3 is 2. The van der Waals surface area contributed by atoms with E-state index in [4.69, 9.17) is 20.9 Å². The fourth-order valence-corrected chi connectivity index (χ4v) is 2.11. The molecule has 0 radical (unpaired) electrons. The van der Waals surface area contributed by atoms with E-state index < -0.39 is 0 Å². The average Bonchev–Trinajstić information content (AvgIpc) is 2.53. The molecular formula is C16H20N2O2. The van der Waals surface area contributed by atoms with Gasteiger partial charge in [-0.2, -0.15) is 0 Å². The Morgan fingerprint density at radius 1 is 0.750 bits per heavy atom. The van der Waals surface area contributed by atoms with Gasteiger partial charge in [-0.05, 0) is 35.4 Å². The third-order valence-corrected chi connectivity index (χ3v) is 3.34. The van der Waals surface area contributed by atoms with Gasteiger partial charge in [-0.1, -0.05) is 24.3 Å². The highest BCUT2D eigenvalue weighted by Crippen LogP contribution is 2.28. The van der Waals surface area contributed by atoms with Gasteiger partial charge in [0.2, 0.25) is 0 Å². The molecule has 0 bridgehead atoms. The van der Waals surface area contributed by atoms with Gasteiger partial charge in [0.15, 0.2) is 0 Å². The highest BCUT2D eigenvalue weighted by molar-refractivity contribution is 5.35. The van der Waals surface area contributed by atoms with Crippen LogP contribution in [0.4, 0.5) is 0 Å². The monoisotopic (exact) mass is 272 g/mol. The first-order chi connectivity index (χ1) is 9.65. The van der Waals surface area contributed by atoms with E-state index in [0.29, 0.717) is 0 Å².